The van der Waals surface area contributed by atoms with Crippen molar-refractivity contribution < 1.29 is 0 Å². The Labute approximate surface area is 77.9 Å². The fourth-order valence-electron chi connectivity index (χ4n) is 0.870. The van der Waals surface area contributed by atoms with Crippen molar-refractivity contribution in [3.8, 4) is 0 Å². The molecule has 0 amide bonds. The van der Waals surface area contributed by atoms with E-state index in [4.69, 9.17) is 0 Å². The van der Waals surface area contributed by atoms with E-state index < -0.39 is 0 Å². The van der Waals surface area contributed by atoms with Gasteiger partial charge >= 0.3 is 0 Å². The van der Waals surface area contributed by atoms with Crippen LogP contribution in [0.5, 0.6) is 0 Å². The maximum absolute atomic E-state index is 3.48. The summed E-state index contributed by atoms with van der Waals surface area (Å²) in [6.07, 6.45) is 1.06. The Bertz CT molecular complexity index is 210. The SMILES string of the molecule is CCc1c(Br)cccc1Br. The van der Waals surface area contributed by atoms with Crippen LogP contribution in [-0.2, 0) is 6.42 Å². The summed E-state index contributed by atoms with van der Waals surface area (Å²) in [7, 11) is 0. The molecule has 1 aromatic carbocycles. The summed E-state index contributed by atoms with van der Waals surface area (Å²) in [6, 6.07) is 6.14. The summed E-state index contributed by atoms with van der Waals surface area (Å²) < 4.78 is 2.37. The third-order valence-corrected chi connectivity index (χ3v) is 2.90. The molecule has 54 valence electrons. The lowest BCUT2D eigenvalue weighted by Gasteiger charge is -2.01. The second-order valence-electron chi connectivity index (χ2n) is 2.05. The van der Waals surface area contributed by atoms with Gasteiger partial charge in [0.1, 0.15) is 0 Å². The summed E-state index contributed by atoms with van der Waals surface area (Å²) >= 11 is 6.95. The first kappa shape index (κ1) is 8.28. The Morgan fingerprint density at radius 1 is 1.20 bits per heavy atom. The molecule has 0 radical (unpaired) electrons. The summed E-state index contributed by atoms with van der Waals surface area (Å²) in [6.45, 7) is 2.14. The van der Waals surface area contributed by atoms with E-state index in [1.165, 1.54) is 14.5 Å². The van der Waals surface area contributed by atoms with E-state index in [9.17, 15) is 0 Å². The fraction of sp³-hybridized carbons (Fsp3) is 0.250. The number of rotatable bonds is 1. The van der Waals surface area contributed by atoms with E-state index in [-0.39, 0.29) is 0 Å². The van der Waals surface area contributed by atoms with Crippen LogP contribution in [0, 0.1) is 0 Å². The van der Waals surface area contributed by atoms with Crippen molar-refractivity contribution in [3.63, 3.8) is 0 Å². The number of hydrogen-bond acceptors (Lipinski definition) is 0. The van der Waals surface area contributed by atoms with Gasteiger partial charge in [-0.25, -0.2) is 0 Å². The topological polar surface area (TPSA) is 0 Å². The van der Waals surface area contributed by atoms with Gasteiger partial charge in [-0.1, -0.05) is 44.8 Å². The standard InChI is InChI=1S/C8H8Br2/c1-2-6-7(9)4-3-5-8(6)10/h3-5H,2H2,1H3. The van der Waals surface area contributed by atoms with Gasteiger partial charge < -0.3 is 0 Å². The van der Waals surface area contributed by atoms with Gasteiger partial charge in [-0.3, -0.25) is 0 Å². The summed E-state index contributed by atoms with van der Waals surface area (Å²) in [5, 5.41) is 0. The van der Waals surface area contributed by atoms with Gasteiger partial charge in [0.15, 0.2) is 0 Å². The smallest absolute Gasteiger partial charge is 0.0218 e. The Hall–Kier alpha value is 0.180. The van der Waals surface area contributed by atoms with Gasteiger partial charge in [-0.2, -0.15) is 0 Å². The van der Waals surface area contributed by atoms with Gasteiger partial charge in [-0.15, -0.1) is 0 Å². The molecule has 2 heteroatoms. The van der Waals surface area contributed by atoms with Crippen LogP contribution >= 0.6 is 31.9 Å². The largest absolute Gasteiger partial charge is 0.0612 e. The molecule has 0 unspecified atom stereocenters. The van der Waals surface area contributed by atoms with Crippen molar-refractivity contribution in [2.75, 3.05) is 0 Å². The van der Waals surface area contributed by atoms with Crippen LogP contribution in [0.3, 0.4) is 0 Å². The highest BCUT2D eigenvalue weighted by molar-refractivity contribution is 9.11. The summed E-state index contributed by atoms with van der Waals surface area (Å²) in [5.74, 6) is 0. The third kappa shape index (κ3) is 1.61. The lowest BCUT2D eigenvalue weighted by Crippen LogP contribution is -1.82. The first-order valence-corrected chi connectivity index (χ1v) is 4.77. The number of halogens is 2. The molecule has 0 saturated carbocycles. The van der Waals surface area contributed by atoms with Gasteiger partial charge in [-0.05, 0) is 24.1 Å². The molecule has 0 aliphatic rings. The van der Waals surface area contributed by atoms with Gasteiger partial charge in [0.05, 0.1) is 0 Å². The predicted octanol–water partition coefficient (Wildman–Crippen LogP) is 3.77. The molecule has 0 atom stereocenters. The number of hydrogen-bond donors (Lipinski definition) is 0. The first-order chi connectivity index (χ1) is 4.75. The molecule has 1 aromatic rings. The van der Waals surface area contributed by atoms with Crippen molar-refractivity contribution in [3.05, 3.63) is 32.7 Å². The minimum Gasteiger partial charge on any atom is -0.0612 e. The van der Waals surface area contributed by atoms with Gasteiger partial charge in [0.2, 0.25) is 0 Å². The minimum atomic E-state index is 1.06. The summed E-state index contributed by atoms with van der Waals surface area (Å²) in [5.41, 5.74) is 1.34. The molecule has 0 fully saturated rings. The fourth-order valence-corrected chi connectivity index (χ4v) is 2.43. The second-order valence-corrected chi connectivity index (χ2v) is 3.76. The van der Waals surface area contributed by atoms with Crippen molar-refractivity contribution in [1.29, 1.82) is 0 Å². The molecule has 10 heavy (non-hydrogen) atoms. The van der Waals surface area contributed by atoms with Crippen LogP contribution in [0.15, 0.2) is 27.1 Å². The van der Waals surface area contributed by atoms with E-state index >= 15 is 0 Å². The van der Waals surface area contributed by atoms with Crippen LogP contribution < -0.4 is 0 Å². The zero-order valence-electron chi connectivity index (χ0n) is 5.70. The Kier molecular flexibility index (Phi) is 2.93. The first-order valence-electron chi connectivity index (χ1n) is 3.18. The molecule has 0 bridgehead atoms. The normalized spacial score (nSPS) is 9.90. The molecule has 0 aliphatic heterocycles. The predicted molar refractivity (Wildman–Crippen MR) is 51.2 cm³/mol. The van der Waals surface area contributed by atoms with Crippen LogP contribution in [0.1, 0.15) is 12.5 Å². The number of benzene rings is 1. The molecule has 0 heterocycles. The molecule has 0 aliphatic carbocycles. The molecular formula is C8H8Br2. The molecule has 0 N–H and O–H groups in total. The molecule has 0 saturated heterocycles. The van der Waals surface area contributed by atoms with Crippen molar-refractivity contribution in [2.45, 2.75) is 13.3 Å². The molecule has 0 nitrogen and oxygen atoms in total. The van der Waals surface area contributed by atoms with E-state index in [1.807, 2.05) is 6.07 Å². The maximum Gasteiger partial charge on any atom is 0.0218 e. The monoisotopic (exact) mass is 262 g/mol. The highest BCUT2D eigenvalue weighted by atomic mass is 79.9. The van der Waals surface area contributed by atoms with Crippen LogP contribution in [-0.4, -0.2) is 0 Å². The third-order valence-electron chi connectivity index (χ3n) is 1.42. The van der Waals surface area contributed by atoms with Crippen molar-refractivity contribution >= 4 is 31.9 Å². The Morgan fingerprint density at radius 3 is 2.00 bits per heavy atom. The molecule has 1 rings (SSSR count). The average Bonchev–Trinajstić information content (AvgIpc) is 1.88. The van der Waals surface area contributed by atoms with E-state index in [1.54, 1.807) is 0 Å². The van der Waals surface area contributed by atoms with E-state index in [0.717, 1.165) is 6.42 Å². The van der Waals surface area contributed by atoms with Crippen LogP contribution in [0.2, 0.25) is 0 Å². The van der Waals surface area contributed by atoms with Crippen LogP contribution in [0.25, 0.3) is 0 Å². The molecule has 0 aromatic heterocycles. The van der Waals surface area contributed by atoms with Crippen molar-refractivity contribution in [1.82, 2.24) is 0 Å². The Balaban J connectivity index is 3.17. The zero-order chi connectivity index (χ0) is 7.56. The Morgan fingerprint density at radius 2 is 1.70 bits per heavy atom. The van der Waals surface area contributed by atoms with Crippen LogP contribution in [0.4, 0.5) is 0 Å². The minimum absolute atomic E-state index is 1.06. The van der Waals surface area contributed by atoms with Gasteiger partial charge in [0.25, 0.3) is 0 Å². The molecular weight excluding hydrogens is 256 g/mol. The van der Waals surface area contributed by atoms with Crippen molar-refractivity contribution in [2.24, 2.45) is 0 Å². The maximum atomic E-state index is 3.48. The lowest BCUT2D eigenvalue weighted by molar-refractivity contribution is 1.11. The van der Waals surface area contributed by atoms with E-state index in [2.05, 4.69) is 50.9 Å². The lowest BCUT2D eigenvalue weighted by atomic mass is 10.2. The zero-order valence-corrected chi connectivity index (χ0v) is 8.87. The molecule has 0 spiro atoms. The second kappa shape index (κ2) is 3.54. The summed E-state index contributed by atoms with van der Waals surface area (Å²) in [4.78, 5) is 0. The van der Waals surface area contributed by atoms with Gasteiger partial charge in [0, 0.05) is 8.95 Å². The quantitative estimate of drug-likeness (QED) is 0.724. The highest BCUT2D eigenvalue weighted by Crippen LogP contribution is 2.24. The average molecular weight is 264 g/mol. The van der Waals surface area contributed by atoms with E-state index in [0.29, 0.717) is 0 Å². The highest BCUT2D eigenvalue weighted by Gasteiger charge is 1.99.